The number of carbonyl (C=O) groups excluding carboxylic acids is 1. The van der Waals surface area contributed by atoms with E-state index in [1.54, 1.807) is 32.0 Å². The highest BCUT2D eigenvalue weighted by Gasteiger charge is 2.32. The average molecular weight is 414 g/mol. The van der Waals surface area contributed by atoms with Gasteiger partial charge in [0.2, 0.25) is 10.0 Å². The molecule has 2 N–H and O–H groups in total. The lowest BCUT2D eigenvalue weighted by molar-refractivity contribution is -0.137. The lowest BCUT2D eigenvalue weighted by atomic mass is 9.83. The van der Waals surface area contributed by atoms with Crippen molar-refractivity contribution in [3.8, 4) is 0 Å². The molecule has 0 aliphatic carbocycles. The lowest BCUT2D eigenvalue weighted by Gasteiger charge is -2.26. The molecule has 2 aromatic rings. The van der Waals surface area contributed by atoms with E-state index in [4.69, 9.17) is 0 Å². The molecule has 0 unspecified atom stereocenters. The van der Waals surface area contributed by atoms with E-state index in [1.807, 2.05) is 0 Å². The Bertz CT molecular complexity index is 970. The van der Waals surface area contributed by atoms with Crippen molar-refractivity contribution in [3.63, 3.8) is 0 Å². The van der Waals surface area contributed by atoms with Gasteiger partial charge < -0.3 is 5.32 Å². The molecule has 5 nitrogen and oxygen atoms in total. The Morgan fingerprint density at radius 3 is 2.21 bits per heavy atom. The molecule has 0 atom stereocenters. The second kappa shape index (κ2) is 7.83. The minimum absolute atomic E-state index is 0.0559. The first-order valence-corrected chi connectivity index (χ1v) is 10.2. The van der Waals surface area contributed by atoms with E-state index in [0.717, 1.165) is 18.4 Å². The van der Waals surface area contributed by atoms with Crippen LogP contribution in [0.3, 0.4) is 0 Å². The van der Waals surface area contributed by atoms with E-state index in [9.17, 15) is 26.4 Å². The van der Waals surface area contributed by atoms with Gasteiger partial charge in [0.15, 0.2) is 0 Å². The molecule has 28 heavy (non-hydrogen) atoms. The van der Waals surface area contributed by atoms with E-state index < -0.39 is 33.1 Å². The smallest absolute Gasteiger partial charge is 0.351 e. The van der Waals surface area contributed by atoms with Crippen LogP contribution in [0.25, 0.3) is 0 Å². The Hall–Kier alpha value is -2.55. The normalized spacial score (nSPS) is 12.5. The minimum Gasteiger partial charge on any atom is -0.351 e. The minimum atomic E-state index is -4.45. The highest BCUT2D eigenvalue weighted by atomic mass is 32.2. The zero-order chi connectivity index (χ0) is 21.2. The number of alkyl halides is 3. The number of benzene rings is 2. The summed E-state index contributed by atoms with van der Waals surface area (Å²) in [6.45, 7) is 3.48. The Balaban J connectivity index is 2.19. The molecule has 0 fully saturated rings. The largest absolute Gasteiger partial charge is 0.416 e. The van der Waals surface area contributed by atoms with Crippen LogP contribution >= 0.6 is 0 Å². The van der Waals surface area contributed by atoms with Gasteiger partial charge in [-0.25, -0.2) is 8.42 Å². The summed E-state index contributed by atoms with van der Waals surface area (Å²) in [6.07, 6.45) is -3.48. The number of anilines is 1. The van der Waals surface area contributed by atoms with Crippen molar-refractivity contribution in [2.45, 2.75) is 25.4 Å². The molecule has 9 heteroatoms. The topological polar surface area (TPSA) is 75.3 Å². The van der Waals surface area contributed by atoms with Gasteiger partial charge in [0.05, 0.1) is 23.1 Å². The third-order valence-corrected chi connectivity index (χ3v) is 4.72. The summed E-state index contributed by atoms with van der Waals surface area (Å²) in [7, 11) is -3.57. The number of para-hydroxylation sites is 1. The summed E-state index contributed by atoms with van der Waals surface area (Å²) in [5.41, 5.74) is -0.875. The average Bonchev–Trinajstić information content (AvgIpc) is 2.58. The Kier molecular flexibility index (Phi) is 6.08. The standard InChI is InChI=1S/C19H21F3N2O3S/c1-18(2,13-7-6-8-14(11-13)19(20,21)22)12-23-17(25)15-9-4-5-10-16(15)24-28(3,26)27/h4-11,24H,12H2,1-3H3,(H,23,25). The van der Waals surface area contributed by atoms with Gasteiger partial charge in [0.25, 0.3) is 5.91 Å². The summed E-state index contributed by atoms with van der Waals surface area (Å²) < 4.78 is 64.0. The fourth-order valence-corrected chi connectivity index (χ4v) is 3.16. The van der Waals surface area contributed by atoms with Crippen molar-refractivity contribution in [2.24, 2.45) is 0 Å². The first-order chi connectivity index (χ1) is 12.8. The maximum absolute atomic E-state index is 12.9. The van der Waals surface area contributed by atoms with Crippen LogP contribution in [0.4, 0.5) is 18.9 Å². The molecule has 0 heterocycles. The van der Waals surface area contributed by atoms with Crippen molar-refractivity contribution in [3.05, 3.63) is 65.2 Å². The molecule has 0 saturated carbocycles. The van der Waals surface area contributed by atoms with Crippen LogP contribution < -0.4 is 10.0 Å². The second-order valence-corrected chi connectivity index (χ2v) is 8.81. The molecule has 0 aliphatic rings. The van der Waals surface area contributed by atoms with E-state index >= 15 is 0 Å². The molecular weight excluding hydrogens is 393 g/mol. The van der Waals surface area contributed by atoms with E-state index in [-0.39, 0.29) is 17.8 Å². The monoisotopic (exact) mass is 414 g/mol. The summed E-state index contributed by atoms with van der Waals surface area (Å²) >= 11 is 0. The zero-order valence-corrected chi connectivity index (χ0v) is 16.4. The summed E-state index contributed by atoms with van der Waals surface area (Å²) in [5.74, 6) is -0.535. The predicted molar refractivity (Wildman–Crippen MR) is 102 cm³/mol. The van der Waals surface area contributed by atoms with Crippen LogP contribution in [0.15, 0.2) is 48.5 Å². The van der Waals surface area contributed by atoms with Crippen LogP contribution in [0.1, 0.15) is 35.3 Å². The van der Waals surface area contributed by atoms with Crippen LogP contribution in [-0.2, 0) is 21.6 Å². The molecule has 0 radical (unpaired) electrons. The summed E-state index contributed by atoms with van der Waals surface area (Å²) in [5, 5.41) is 2.67. The van der Waals surface area contributed by atoms with Gasteiger partial charge in [-0.3, -0.25) is 9.52 Å². The van der Waals surface area contributed by atoms with Crippen molar-refractivity contribution in [1.82, 2.24) is 5.32 Å². The fourth-order valence-electron chi connectivity index (χ4n) is 2.58. The van der Waals surface area contributed by atoms with Crippen LogP contribution in [0.5, 0.6) is 0 Å². The Labute approximate surface area is 162 Å². The summed E-state index contributed by atoms with van der Waals surface area (Å²) in [6, 6.07) is 11.0. The van der Waals surface area contributed by atoms with Gasteiger partial charge in [0.1, 0.15) is 0 Å². The van der Waals surface area contributed by atoms with Crippen molar-refractivity contribution >= 4 is 21.6 Å². The Morgan fingerprint density at radius 1 is 1.00 bits per heavy atom. The van der Waals surface area contributed by atoms with Crippen LogP contribution in [0.2, 0.25) is 0 Å². The number of nitrogens with one attached hydrogen (secondary N) is 2. The number of amides is 1. The molecule has 1 amide bonds. The summed E-state index contributed by atoms with van der Waals surface area (Å²) in [4.78, 5) is 12.5. The Morgan fingerprint density at radius 2 is 1.61 bits per heavy atom. The maximum atomic E-state index is 12.9. The third kappa shape index (κ3) is 5.72. The van der Waals surface area contributed by atoms with E-state index in [0.29, 0.717) is 5.56 Å². The molecule has 0 bridgehead atoms. The number of rotatable bonds is 6. The molecule has 0 spiro atoms. The molecular formula is C19H21F3N2O3S. The predicted octanol–water partition coefficient (Wildman–Crippen LogP) is 3.78. The molecule has 0 aromatic heterocycles. The van der Waals surface area contributed by atoms with Crippen LogP contribution in [-0.4, -0.2) is 27.1 Å². The van der Waals surface area contributed by atoms with Gasteiger partial charge in [-0.05, 0) is 23.8 Å². The van der Waals surface area contributed by atoms with Crippen LogP contribution in [0, 0.1) is 0 Å². The number of hydrogen-bond donors (Lipinski definition) is 2. The second-order valence-electron chi connectivity index (χ2n) is 7.06. The van der Waals surface area contributed by atoms with Gasteiger partial charge >= 0.3 is 6.18 Å². The third-order valence-electron chi connectivity index (χ3n) is 4.13. The van der Waals surface area contributed by atoms with Gasteiger partial charge in [-0.1, -0.05) is 44.2 Å². The first-order valence-electron chi connectivity index (χ1n) is 8.32. The lowest BCUT2D eigenvalue weighted by Crippen LogP contribution is -2.37. The van der Waals surface area contributed by atoms with E-state index in [2.05, 4.69) is 10.0 Å². The molecule has 2 rings (SSSR count). The van der Waals surface area contributed by atoms with Gasteiger partial charge in [-0.2, -0.15) is 13.2 Å². The number of carbonyl (C=O) groups is 1. The number of sulfonamides is 1. The number of hydrogen-bond acceptors (Lipinski definition) is 3. The molecule has 0 saturated heterocycles. The zero-order valence-electron chi connectivity index (χ0n) is 15.6. The fraction of sp³-hybridized carbons (Fsp3) is 0.316. The van der Waals surface area contributed by atoms with Gasteiger partial charge in [0, 0.05) is 12.0 Å². The number of halogens is 3. The maximum Gasteiger partial charge on any atom is 0.416 e. The highest BCUT2D eigenvalue weighted by Crippen LogP contribution is 2.32. The molecule has 152 valence electrons. The van der Waals surface area contributed by atoms with Gasteiger partial charge in [-0.15, -0.1) is 0 Å². The SMILES string of the molecule is CC(C)(CNC(=O)c1ccccc1NS(C)(=O)=O)c1cccc(C(F)(F)F)c1. The van der Waals surface area contributed by atoms with Crippen molar-refractivity contribution in [1.29, 1.82) is 0 Å². The highest BCUT2D eigenvalue weighted by molar-refractivity contribution is 7.92. The molecule has 2 aromatic carbocycles. The van der Waals surface area contributed by atoms with Crippen molar-refractivity contribution < 1.29 is 26.4 Å². The molecule has 0 aliphatic heterocycles. The van der Waals surface area contributed by atoms with Crippen molar-refractivity contribution in [2.75, 3.05) is 17.5 Å². The quantitative estimate of drug-likeness (QED) is 0.755. The first kappa shape index (κ1) is 21.7. The van der Waals surface area contributed by atoms with E-state index in [1.165, 1.54) is 18.2 Å².